The Hall–Kier alpha value is -1.18. The monoisotopic (exact) mass is 284 g/mol. The third kappa shape index (κ3) is 3.41. The van der Waals surface area contributed by atoms with E-state index in [2.05, 4.69) is 25.8 Å². The summed E-state index contributed by atoms with van der Waals surface area (Å²) in [6.07, 6.45) is 3.37. The van der Waals surface area contributed by atoms with Crippen molar-refractivity contribution in [2.45, 2.75) is 17.5 Å². The van der Waals surface area contributed by atoms with Gasteiger partial charge in [-0.1, -0.05) is 23.4 Å². The van der Waals surface area contributed by atoms with E-state index in [0.29, 0.717) is 5.02 Å². The molecular weight excluding hydrogens is 272 g/mol. The zero-order valence-electron chi connectivity index (χ0n) is 9.88. The van der Waals surface area contributed by atoms with Crippen molar-refractivity contribution < 1.29 is 0 Å². The number of halogens is 1. The maximum absolute atomic E-state index is 6.04. The van der Waals surface area contributed by atoms with Crippen molar-refractivity contribution in [2.24, 2.45) is 0 Å². The molecule has 0 atom stereocenters. The molecule has 2 aromatic rings. The third-order valence-corrected chi connectivity index (χ3v) is 3.63. The molecule has 2 rings (SSSR count). The highest BCUT2D eigenvalue weighted by Gasteiger charge is 2.08. The molecule has 18 heavy (non-hydrogen) atoms. The minimum Gasteiger partial charge on any atom is -0.318 e. The van der Waals surface area contributed by atoms with Gasteiger partial charge in [0.1, 0.15) is 0 Å². The van der Waals surface area contributed by atoms with Crippen molar-refractivity contribution in [3.05, 3.63) is 29.0 Å². The van der Waals surface area contributed by atoms with Crippen molar-refractivity contribution in [2.75, 3.05) is 13.6 Å². The van der Waals surface area contributed by atoms with Crippen LogP contribution in [-0.4, -0.2) is 38.8 Å². The maximum Gasteiger partial charge on any atom is 0.209 e. The fourth-order valence-corrected chi connectivity index (χ4v) is 2.49. The number of pyridine rings is 1. The molecular formula is C10H13ClN6S. The van der Waals surface area contributed by atoms with Crippen LogP contribution in [0.3, 0.4) is 0 Å². The molecule has 0 aliphatic carbocycles. The molecule has 0 aliphatic heterocycles. The molecule has 0 radical (unpaired) electrons. The van der Waals surface area contributed by atoms with Crippen molar-refractivity contribution in [3.63, 3.8) is 0 Å². The van der Waals surface area contributed by atoms with Gasteiger partial charge in [0.15, 0.2) is 0 Å². The highest BCUT2D eigenvalue weighted by atomic mass is 35.5. The highest BCUT2D eigenvalue weighted by molar-refractivity contribution is 7.98. The van der Waals surface area contributed by atoms with Crippen LogP contribution in [0.2, 0.25) is 5.02 Å². The Bertz CT molecular complexity index is 503. The fourth-order valence-electron chi connectivity index (χ4n) is 1.32. The van der Waals surface area contributed by atoms with Gasteiger partial charge in [0, 0.05) is 24.7 Å². The van der Waals surface area contributed by atoms with Gasteiger partial charge in [0.25, 0.3) is 0 Å². The number of thioether (sulfide) groups is 1. The van der Waals surface area contributed by atoms with Gasteiger partial charge in [-0.05, 0) is 29.1 Å². The molecule has 1 N–H and O–H groups in total. The Kier molecular flexibility index (Phi) is 4.91. The molecule has 2 heterocycles. The number of hydrogen-bond acceptors (Lipinski definition) is 6. The van der Waals surface area contributed by atoms with E-state index in [-0.39, 0.29) is 0 Å². The van der Waals surface area contributed by atoms with E-state index in [4.69, 9.17) is 11.6 Å². The standard InChI is InChI=1S/C10H13ClN6S/c1-12-4-5-17-10(14-15-16-17)18-7-8-2-3-13-6-9(8)11/h2-3,6,12H,4-5,7H2,1H3. The average Bonchev–Trinajstić information content (AvgIpc) is 2.83. The number of aromatic nitrogens is 5. The minimum absolute atomic E-state index is 0.666. The van der Waals surface area contributed by atoms with Crippen LogP contribution in [0.15, 0.2) is 23.6 Å². The molecule has 0 aliphatic rings. The molecule has 96 valence electrons. The van der Waals surface area contributed by atoms with Gasteiger partial charge in [0.2, 0.25) is 5.16 Å². The second-order valence-corrected chi connectivity index (χ2v) is 4.89. The summed E-state index contributed by atoms with van der Waals surface area (Å²) < 4.78 is 1.77. The topological polar surface area (TPSA) is 68.5 Å². The van der Waals surface area contributed by atoms with E-state index in [1.54, 1.807) is 28.8 Å². The van der Waals surface area contributed by atoms with E-state index < -0.39 is 0 Å². The zero-order valence-corrected chi connectivity index (χ0v) is 11.4. The Labute approximate surface area is 114 Å². The summed E-state index contributed by atoms with van der Waals surface area (Å²) in [5.74, 6) is 0.723. The summed E-state index contributed by atoms with van der Waals surface area (Å²) in [5.41, 5.74) is 1.03. The predicted molar refractivity (Wildman–Crippen MR) is 70.6 cm³/mol. The van der Waals surface area contributed by atoms with Gasteiger partial charge in [-0.25, -0.2) is 4.68 Å². The first-order valence-corrected chi connectivity index (χ1v) is 6.79. The minimum atomic E-state index is 0.666. The molecule has 0 saturated carbocycles. The largest absolute Gasteiger partial charge is 0.318 e. The van der Waals surface area contributed by atoms with Crippen LogP contribution < -0.4 is 5.32 Å². The number of rotatable bonds is 6. The van der Waals surface area contributed by atoms with Crippen molar-refractivity contribution in [1.82, 2.24) is 30.5 Å². The molecule has 0 unspecified atom stereocenters. The van der Waals surface area contributed by atoms with E-state index >= 15 is 0 Å². The molecule has 6 nitrogen and oxygen atoms in total. The van der Waals surface area contributed by atoms with Crippen LogP contribution in [0.1, 0.15) is 5.56 Å². The summed E-state index contributed by atoms with van der Waals surface area (Å²) in [6.45, 7) is 1.57. The second kappa shape index (κ2) is 6.67. The van der Waals surface area contributed by atoms with Crippen LogP contribution in [0.25, 0.3) is 0 Å². The van der Waals surface area contributed by atoms with Crippen molar-refractivity contribution in [3.8, 4) is 0 Å². The van der Waals surface area contributed by atoms with E-state index in [1.165, 1.54) is 0 Å². The quantitative estimate of drug-likeness (QED) is 0.805. The third-order valence-electron chi connectivity index (χ3n) is 2.29. The molecule has 0 amide bonds. The van der Waals surface area contributed by atoms with Crippen LogP contribution >= 0.6 is 23.4 Å². The number of tetrazole rings is 1. The average molecular weight is 285 g/mol. The highest BCUT2D eigenvalue weighted by Crippen LogP contribution is 2.23. The first kappa shape index (κ1) is 13.3. The summed E-state index contributed by atoms with van der Waals surface area (Å²) in [7, 11) is 1.90. The fraction of sp³-hybridized carbons (Fsp3) is 0.400. The summed E-state index contributed by atoms with van der Waals surface area (Å²) in [5, 5.41) is 16.1. The van der Waals surface area contributed by atoms with Crippen LogP contribution in [-0.2, 0) is 12.3 Å². The molecule has 0 aromatic carbocycles. The number of nitrogens with one attached hydrogen (secondary N) is 1. The van der Waals surface area contributed by atoms with Gasteiger partial charge < -0.3 is 5.32 Å². The van der Waals surface area contributed by atoms with Crippen molar-refractivity contribution in [1.29, 1.82) is 0 Å². The smallest absolute Gasteiger partial charge is 0.209 e. The summed E-state index contributed by atoms with van der Waals surface area (Å²) in [4.78, 5) is 3.95. The first-order chi connectivity index (χ1) is 8.81. The molecule has 0 spiro atoms. The van der Waals surface area contributed by atoms with E-state index in [9.17, 15) is 0 Å². The summed E-state index contributed by atoms with van der Waals surface area (Å²) in [6, 6.07) is 1.90. The molecule has 8 heteroatoms. The van der Waals surface area contributed by atoms with Gasteiger partial charge in [-0.3, -0.25) is 4.98 Å². The Balaban J connectivity index is 1.98. The lowest BCUT2D eigenvalue weighted by molar-refractivity contribution is 0.530. The van der Waals surface area contributed by atoms with Gasteiger partial charge in [-0.2, -0.15) is 0 Å². The maximum atomic E-state index is 6.04. The predicted octanol–water partition coefficient (Wildman–Crippen LogP) is 1.23. The SMILES string of the molecule is CNCCn1nnnc1SCc1ccncc1Cl. The Morgan fingerprint density at radius 1 is 1.50 bits per heavy atom. The first-order valence-electron chi connectivity index (χ1n) is 5.43. The van der Waals surface area contributed by atoms with E-state index in [1.807, 2.05) is 13.1 Å². The summed E-state index contributed by atoms with van der Waals surface area (Å²) >= 11 is 7.60. The second-order valence-electron chi connectivity index (χ2n) is 3.54. The van der Waals surface area contributed by atoms with Gasteiger partial charge in [0.05, 0.1) is 11.6 Å². The number of hydrogen-bond donors (Lipinski definition) is 1. The number of likely N-dealkylation sites (N-methyl/N-ethyl adjacent to an activating group) is 1. The van der Waals surface area contributed by atoms with Gasteiger partial charge in [-0.15, -0.1) is 5.10 Å². The lowest BCUT2D eigenvalue weighted by Crippen LogP contribution is -2.16. The molecule has 0 fully saturated rings. The Morgan fingerprint density at radius 2 is 2.39 bits per heavy atom. The zero-order chi connectivity index (χ0) is 12.8. The van der Waals surface area contributed by atoms with E-state index in [0.717, 1.165) is 29.6 Å². The molecule has 0 bridgehead atoms. The lowest BCUT2D eigenvalue weighted by Gasteiger charge is -2.04. The van der Waals surface area contributed by atoms with Gasteiger partial charge >= 0.3 is 0 Å². The van der Waals surface area contributed by atoms with Crippen LogP contribution in [0, 0.1) is 0 Å². The Morgan fingerprint density at radius 3 is 3.17 bits per heavy atom. The lowest BCUT2D eigenvalue weighted by atomic mass is 10.3. The van der Waals surface area contributed by atoms with Crippen LogP contribution in [0.5, 0.6) is 0 Å². The molecule has 2 aromatic heterocycles. The molecule has 0 saturated heterocycles. The van der Waals surface area contributed by atoms with Crippen LogP contribution in [0.4, 0.5) is 0 Å². The normalized spacial score (nSPS) is 10.8. The number of nitrogens with zero attached hydrogens (tertiary/aromatic N) is 5. The van der Waals surface area contributed by atoms with Crippen molar-refractivity contribution >= 4 is 23.4 Å².